The predicted molar refractivity (Wildman–Crippen MR) is 109 cm³/mol. The first-order chi connectivity index (χ1) is 12.9. The number of hydrogen-bond donors (Lipinski definition) is 2. The average molecular weight is 367 g/mol. The van der Waals surface area contributed by atoms with Crippen LogP contribution in [0.2, 0.25) is 0 Å². The zero-order valence-corrected chi connectivity index (χ0v) is 16.0. The molecule has 2 aromatic carbocycles. The Morgan fingerprint density at radius 3 is 2.22 bits per heavy atom. The van der Waals surface area contributed by atoms with E-state index in [0.29, 0.717) is 5.69 Å². The number of carbonyl (C=O) groups is 2. The summed E-state index contributed by atoms with van der Waals surface area (Å²) in [5.41, 5.74) is 2.59. The van der Waals surface area contributed by atoms with Crippen LogP contribution in [0, 0.1) is 0 Å². The van der Waals surface area contributed by atoms with Gasteiger partial charge in [-0.1, -0.05) is 12.1 Å². The molecular formula is C21H25N3O3. The van der Waals surface area contributed by atoms with Gasteiger partial charge in [0.2, 0.25) is 11.8 Å². The quantitative estimate of drug-likeness (QED) is 0.738. The van der Waals surface area contributed by atoms with E-state index in [1.807, 2.05) is 67.5 Å². The van der Waals surface area contributed by atoms with Crippen molar-refractivity contribution in [2.75, 3.05) is 31.4 Å². The van der Waals surface area contributed by atoms with Crippen LogP contribution in [0.1, 0.15) is 12.5 Å². The maximum Gasteiger partial charge on any atom is 0.246 e. The summed E-state index contributed by atoms with van der Waals surface area (Å²) in [7, 11) is 5.50. The summed E-state index contributed by atoms with van der Waals surface area (Å²) in [6.45, 7) is 1.64. The molecule has 6 heteroatoms. The van der Waals surface area contributed by atoms with Gasteiger partial charge in [-0.25, -0.2) is 0 Å². The van der Waals surface area contributed by atoms with E-state index < -0.39 is 6.04 Å². The molecule has 0 bridgehead atoms. The van der Waals surface area contributed by atoms with Gasteiger partial charge in [-0.3, -0.25) is 9.59 Å². The number of anilines is 2. The highest BCUT2D eigenvalue weighted by molar-refractivity contribution is 5.99. The minimum absolute atomic E-state index is 0.279. The SMILES string of the molecule is COc1ccc(/C=C/C(=O)NC(C)C(=O)Nc2ccc(N(C)C)cc2)cc1. The first-order valence-electron chi connectivity index (χ1n) is 8.60. The van der Waals surface area contributed by atoms with Crippen molar-refractivity contribution in [3.63, 3.8) is 0 Å². The lowest BCUT2D eigenvalue weighted by molar-refractivity contribution is -0.123. The van der Waals surface area contributed by atoms with Crippen LogP contribution in [-0.2, 0) is 9.59 Å². The molecule has 0 fully saturated rings. The van der Waals surface area contributed by atoms with Crippen LogP contribution in [0.25, 0.3) is 6.08 Å². The first-order valence-corrected chi connectivity index (χ1v) is 8.60. The topological polar surface area (TPSA) is 70.7 Å². The molecule has 142 valence electrons. The number of methoxy groups -OCH3 is 1. The van der Waals surface area contributed by atoms with Gasteiger partial charge in [0.25, 0.3) is 0 Å². The number of carbonyl (C=O) groups excluding carboxylic acids is 2. The van der Waals surface area contributed by atoms with Gasteiger partial charge in [0.1, 0.15) is 11.8 Å². The fraction of sp³-hybridized carbons (Fsp3) is 0.238. The zero-order chi connectivity index (χ0) is 19.8. The van der Waals surface area contributed by atoms with Gasteiger partial charge in [-0.05, 0) is 55.0 Å². The molecule has 0 aliphatic rings. The Morgan fingerprint density at radius 2 is 1.67 bits per heavy atom. The second-order valence-corrected chi connectivity index (χ2v) is 6.27. The van der Waals surface area contributed by atoms with Gasteiger partial charge in [0.05, 0.1) is 7.11 Å². The molecular weight excluding hydrogens is 342 g/mol. The van der Waals surface area contributed by atoms with Crippen molar-refractivity contribution in [3.8, 4) is 5.75 Å². The van der Waals surface area contributed by atoms with Gasteiger partial charge in [-0.15, -0.1) is 0 Å². The molecule has 2 rings (SSSR count). The second kappa shape index (κ2) is 9.43. The summed E-state index contributed by atoms with van der Waals surface area (Å²) in [5.74, 6) is 0.135. The van der Waals surface area contributed by atoms with Gasteiger partial charge in [-0.2, -0.15) is 0 Å². The monoisotopic (exact) mass is 367 g/mol. The number of nitrogens with zero attached hydrogens (tertiary/aromatic N) is 1. The number of nitrogens with one attached hydrogen (secondary N) is 2. The molecule has 27 heavy (non-hydrogen) atoms. The van der Waals surface area contributed by atoms with E-state index in [1.54, 1.807) is 20.1 Å². The summed E-state index contributed by atoms with van der Waals surface area (Å²) in [4.78, 5) is 26.2. The Bertz CT molecular complexity index is 796. The van der Waals surface area contributed by atoms with E-state index in [0.717, 1.165) is 17.0 Å². The smallest absolute Gasteiger partial charge is 0.246 e. The standard InChI is InChI=1S/C21H25N3O3/c1-15(21(26)23-17-8-10-18(11-9-17)24(2)3)22-20(25)14-7-16-5-12-19(27-4)13-6-16/h5-15H,1-4H3,(H,22,25)(H,23,26)/b14-7+. The molecule has 0 saturated heterocycles. The highest BCUT2D eigenvalue weighted by Crippen LogP contribution is 2.16. The Kier molecular flexibility index (Phi) is 7.00. The van der Waals surface area contributed by atoms with Crippen LogP contribution in [0.4, 0.5) is 11.4 Å². The van der Waals surface area contributed by atoms with Crippen LogP contribution >= 0.6 is 0 Å². The maximum atomic E-state index is 12.2. The number of amides is 2. The van der Waals surface area contributed by atoms with Crippen LogP contribution < -0.4 is 20.3 Å². The van der Waals surface area contributed by atoms with E-state index in [9.17, 15) is 9.59 Å². The predicted octanol–water partition coefficient (Wildman–Crippen LogP) is 2.92. The number of hydrogen-bond acceptors (Lipinski definition) is 4. The molecule has 0 aliphatic carbocycles. The third-order valence-corrected chi connectivity index (χ3v) is 3.95. The van der Waals surface area contributed by atoms with Crippen LogP contribution in [-0.4, -0.2) is 39.1 Å². The Balaban J connectivity index is 1.86. The van der Waals surface area contributed by atoms with Gasteiger partial charge in [0, 0.05) is 31.5 Å². The highest BCUT2D eigenvalue weighted by Gasteiger charge is 2.14. The molecule has 1 unspecified atom stereocenters. The molecule has 0 heterocycles. The van der Waals surface area contributed by atoms with E-state index >= 15 is 0 Å². The Labute approximate surface area is 159 Å². The molecule has 1 atom stereocenters. The Hall–Kier alpha value is -3.28. The van der Waals surface area contributed by atoms with Gasteiger partial charge < -0.3 is 20.3 Å². The lowest BCUT2D eigenvalue weighted by atomic mass is 10.2. The molecule has 0 spiro atoms. The molecule has 2 N–H and O–H groups in total. The third-order valence-electron chi connectivity index (χ3n) is 3.95. The summed E-state index contributed by atoms with van der Waals surface area (Å²) in [5, 5.41) is 5.44. The largest absolute Gasteiger partial charge is 0.497 e. The van der Waals surface area contributed by atoms with E-state index in [4.69, 9.17) is 4.74 Å². The molecule has 0 radical (unpaired) electrons. The van der Waals surface area contributed by atoms with E-state index in [1.165, 1.54) is 6.08 Å². The summed E-state index contributed by atoms with van der Waals surface area (Å²) >= 11 is 0. The minimum Gasteiger partial charge on any atom is -0.497 e. The zero-order valence-electron chi connectivity index (χ0n) is 16.0. The first kappa shape index (κ1) is 20.0. The van der Waals surface area contributed by atoms with Crippen LogP contribution in [0.5, 0.6) is 5.75 Å². The molecule has 0 saturated carbocycles. The normalized spacial score (nSPS) is 11.7. The van der Waals surface area contributed by atoms with E-state index in [-0.39, 0.29) is 11.8 Å². The van der Waals surface area contributed by atoms with Crippen molar-refractivity contribution < 1.29 is 14.3 Å². The number of benzene rings is 2. The number of ether oxygens (including phenoxy) is 1. The second-order valence-electron chi connectivity index (χ2n) is 6.27. The maximum absolute atomic E-state index is 12.2. The highest BCUT2D eigenvalue weighted by atomic mass is 16.5. The van der Waals surface area contributed by atoms with Crippen molar-refractivity contribution in [2.24, 2.45) is 0 Å². The van der Waals surface area contributed by atoms with Crippen molar-refractivity contribution in [3.05, 3.63) is 60.2 Å². The average Bonchev–Trinajstić information content (AvgIpc) is 2.67. The number of rotatable bonds is 7. The van der Waals surface area contributed by atoms with Gasteiger partial charge >= 0.3 is 0 Å². The van der Waals surface area contributed by atoms with Crippen LogP contribution in [0.15, 0.2) is 54.6 Å². The third kappa shape index (κ3) is 6.18. The molecule has 2 amide bonds. The summed E-state index contributed by atoms with van der Waals surface area (Å²) in [6.07, 6.45) is 3.08. The Morgan fingerprint density at radius 1 is 1.04 bits per heavy atom. The lowest BCUT2D eigenvalue weighted by Gasteiger charge is -2.15. The van der Waals surface area contributed by atoms with Crippen molar-refractivity contribution >= 4 is 29.3 Å². The molecule has 0 aliphatic heterocycles. The van der Waals surface area contributed by atoms with Crippen molar-refractivity contribution in [1.82, 2.24) is 5.32 Å². The minimum atomic E-state index is -0.661. The summed E-state index contributed by atoms with van der Waals surface area (Å²) in [6, 6.07) is 14.1. The van der Waals surface area contributed by atoms with E-state index in [2.05, 4.69) is 10.6 Å². The molecule has 2 aromatic rings. The van der Waals surface area contributed by atoms with Crippen molar-refractivity contribution in [2.45, 2.75) is 13.0 Å². The molecule has 0 aromatic heterocycles. The fourth-order valence-corrected chi connectivity index (χ4v) is 2.31. The van der Waals surface area contributed by atoms with Crippen LogP contribution in [0.3, 0.4) is 0 Å². The molecule has 6 nitrogen and oxygen atoms in total. The summed E-state index contributed by atoms with van der Waals surface area (Å²) < 4.78 is 5.09. The van der Waals surface area contributed by atoms with Gasteiger partial charge in [0.15, 0.2) is 0 Å². The van der Waals surface area contributed by atoms with Crippen molar-refractivity contribution in [1.29, 1.82) is 0 Å². The lowest BCUT2D eigenvalue weighted by Crippen LogP contribution is -2.40. The fourth-order valence-electron chi connectivity index (χ4n) is 2.31.